The summed E-state index contributed by atoms with van der Waals surface area (Å²) in [6.07, 6.45) is 7.93. The lowest BCUT2D eigenvalue weighted by Crippen LogP contribution is -2.10. The predicted octanol–water partition coefficient (Wildman–Crippen LogP) is 4.81. The van der Waals surface area contributed by atoms with E-state index in [1.165, 1.54) is 38.2 Å². The van der Waals surface area contributed by atoms with Crippen LogP contribution in [0.2, 0.25) is 0 Å². The number of fused-ring (bicyclic) bond motifs is 1. The van der Waals surface area contributed by atoms with Crippen molar-refractivity contribution in [3.8, 4) is 0 Å². The lowest BCUT2D eigenvalue weighted by Gasteiger charge is -2.21. The summed E-state index contributed by atoms with van der Waals surface area (Å²) in [7, 11) is 0. The molecule has 0 atom stereocenters. The number of para-hydroxylation sites is 1. The molecular formula is C15H19FN2S. The summed E-state index contributed by atoms with van der Waals surface area (Å²) in [6.45, 7) is 0.896. The molecule has 0 unspecified atom stereocenters. The van der Waals surface area contributed by atoms with Crippen LogP contribution in [-0.4, -0.2) is 9.55 Å². The molecule has 3 rings (SSSR count). The molecular weight excluding hydrogens is 259 g/mol. The number of aromatic amines is 1. The second kappa shape index (κ2) is 5.45. The minimum absolute atomic E-state index is 0.222. The first-order valence-electron chi connectivity index (χ1n) is 7.13. The van der Waals surface area contributed by atoms with Gasteiger partial charge in [-0.05, 0) is 36.7 Å². The van der Waals surface area contributed by atoms with Crippen molar-refractivity contribution in [3.63, 3.8) is 0 Å². The van der Waals surface area contributed by atoms with Crippen LogP contribution >= 0.6 is 12.2 Å². The van der Waals surface area contributed by atoms with Crippen molar-refractivity contribution in [2.24, 2.45) is 5.92 Å². The fourth-order valence-electron chi connectivity index (χ4n) is 3.15. The van der Waals surface area contributed by atoms with Crippen molar-refractivity contribution in [2.75, 3.05) is 0 Å². The van der Waals surface area contributed by atoms with Crippen LogP contribution in [0.5, 0.6) is 0 Å². The summed E-state index contributed by atoms with van der Waals surface area (Å²) in [5.74, 6) is 0.592. The van der Waals surface area contributed by atoms with Gasteiger partial charge in [-0.2, -0.15) is 0 Å². The standard InChI is InChI=1S/C15H19FN2S/c16-12-7-4-8-13-14(12)17-15(19)18(13)10-9-11-5-2-1-3-6-11/h4,7-8,11H,1-3,5-6,9-10H2,(H,17,19). The second-order valence-corrected chi connectivity index (χ2v) is 5.90. The number of halogens is 1. The highest BCUT2D eigenvalue weighted by Gasteiger charge is 2.14. The summed E-state index contributed by atoms with van der Waals surface area (Å²) in [6, 6.07) is 5.15. The Labute approximate surface area is 117 Å². The minimum Gasteiger partial charge on any atom is -0.328 e. The summed E-state index contributed by atoms with van der Waals surface area (Å²) < 4.78 is 16.4. The number of rotatable bonds is 3. The summed E-state index contributed by atoms with van der Waals surface area (Å²) >= 11 is 5.32. The Morgan fingerprint density at radius 1 is 1.26 bits per heavy atom. The van der Waals surface area contributed by atoms with Gasteiger partial charge in [0, 0.05) is 6.54 Å². The summed E-state index contributed by atoms with van der Waals surface area (Å²) in [4.78, 5) is 2.99. The number of aryl methyl sites for hydroxylation is 1. The molecule has 0 amide bonds. The Morgan fingerprint density at radius 3 is 2.84 bits per heavy atom. The van der Waals surface area contributed by atoms with Gasteiger partial charge in [-0.15, -0.1) is 0 Å². The van der Waals surface area contributed by atoms with Gasteiger partial charge in [-0.25, -0.2) is 4.39 Å². The Balaban J connectivity index is 1.82. The van der Waals surface area contributed by atoms with E-state index in [0.717, 1.165) is 24.4 Å². The van der Waals surface area contributed by atoms with Crippen molar-refractivity contribution in [1.82, 2.24) is 9.55 Å². The maximum atomic E-state index is 13.7. The number of nitrogens with zero attached hydrogens (tertiary/aromatic N) is 1. The minimum atomic E-state index is -0.222. The number of nitrogens with one attached hydrogen (secondary N) is 1. The van der Waals surface area contributed by atoms with E-state index in [1.807, 2.05) is 10.6 Å². The van der Waals surface area contributed by atoms with Crippen molar-refractivity contribution in [3.05, 3.63) is 28.8 Å². The fraction of sp³-hybridized carbons (Fsp3) is 0.533. The average molecular weight is 278 g/mol. The molecule has 1 aromatic heterocycles. The van der Waals surface area contributed by atoms with Crippen LogP contribution in [0.1, 0.15) is 38.5 Å². The van der Waals surface area contributed by atoms with E-state index in [0.29, 0.717) is 10.3 Å². The smallest absolute Gasteiger partial charge is 0.178 e. The Morgan fingerprint density at radius 2 is 2.05 bits per heavy atom. The van der Waals surface area contributed by atoms with E-state index in [2.05, 4.69) is 4.98 Å². The molecule has 1 heterocycles. The van der Waals surface area contributed by atoms with E-state index >= 15 is 0 Å². The third kappa shape index (κ3) is 2.59. The van der Waals surface area contributed by atoms with Crippen LogP contribution in [-0.2, 0) is 6.54 Å². The van der Waals surface area contributed by atoms with Gasteiger partial charge in [-0.3, -0.25) is 0 Å². The van der Waals surface area contributed by atoms with Gasteiger partial charge in [-0.1, -0.05) is 38.2 Å². The van der Waals surface area contributed by atoms with E-state index in [9.17, 15) is 4.39 Å². The molecule has 1 aliphatic carbocycles. The average Bonchev–Trinajstić information content (AvgIpc) is 2.75. The van der Waals surface area contributed by atoms with Gasteiger partial charge in [0.05, 0.1) is 5.52 Å². The van der Waals surface area contributed by atoms with Crippen molar-refractivity contribution >= 4 is 23.3 Å². The first-order valence-corrected chi connectivity index (χ1v) is 7.53. The van der Waals surface area contributed by atoms with Crippen LogP contribution < -0.4 is 0 Å². The third-order valence-corrected chi connectivity index (χ3v) is 4.57. The van der Waals surface area contributed by atoms with Crippen molar-refractivity contribution in [1.29, 1.82) is 0 Å². The molecule has 0 radical (unpaired) electrons. The molecule has 1 aliphatic rings. The number of benzene rings is 1. The molecule has 0 bridgehead atoms. The maximum Gasteiger partial charge on any atom is 0.178 e. The predicted molar refractivity (Wildman–Crippen MR) is 78.3 cm³/mol. The molecule has 0 aliphatic heterocycles. The molecule has 2 aromatic rings. The van der Waals surface area contributed by atoms with Crippen molar-refractivity contribution < 1.29 is 4.39 Å². The second-order valence-electron chi connectivity index (χ2n) is 5.51. The Bertz CT molecular complexity index is 623. The van der Waals surface area contributed by atoms with Crippen LogP contribution in [0.15, 0.2) is 18.2 Å². The van der Waals surface area contributed by atoms with Gasteiger partial charge >= 0.3 is 0 Å². The maximum absolute atomic E-state index is 13.7. The van der Waals surface area contributed by atoms with Gasteiger partial charge in [0.1, 0.15) is 11.3 Å². The summed E-state index contributed by atoms with van der Waals surface area (Å²) in [5, 5.41) is 0. The van der Waals surface area contributed by atoms with Crippen LogP contribution in [0, 0.1) is 16.5 Å². The molecule has 2 nitrogen and oxygen atoms in total. The van der Waals surface area contributed by atoms with E-state index in [4.69, 9.17) is 12.2 Å². The fourth-order valence-corrected chi connectivity index (χ4v) is 3.45. The number of aromatic nitrogens is 2. The monoisotopic (exact) mass is 278 g/mol. The van der Waals surface area contributed by atoms with E-state index in [1.54, 1.807) is 6.07 Å². The van der Waals surface area contributed by atoms with Gasteiger partial charge in [0.25, 0.3) is 0 Å². The zero-order valence-electron chi connectivity index (χ0n) is 11.0. The SMILES string of the molecule is Fc1cccc2c1[nH]c(=S)n2CCC1CCCCC1. The molecule has 102 valence electrons. The summed E-state index contributed by atoms with van der Waals surface area (Å²) in [5.41, 5.74) is 1.43. The molecule has 1 saturated carbocycles. The van der Waals surface area contributed by atoms with Crippen LogP contribution in [0.3, 0.4) is 0 Å². The number of hydrogen-bond acceptors (Lipinski definition) is 1. The molecule has 0 spiro atoms. The highest BCUT2D eigenvalue weighted by Crippen LogP contribution is 2.27. The quantitative estimate of drug-likeness (QED) is 0.799. The zero-order chi connectivity index (χ0) is 13.2. The highest BCUT2D eigenvalue weighted by atomic mass is 32.1. The lowest BCUT2D eigenvalue weighted by atomic mass is 9.87. The van der Waals surface area contributed by atoms with Crippen molar-refractivity contribution in [2.45, 2.75) is 45.1 Å². The van der Waals surface area contributed by atoms with E-state index in [-0.39, 0.29) is 5.82 Å². The van der Waals surface area contributed by atoms with Gasteiger partial charge in [0.15, 0.2) is 4.77 Å². The first kappa shape index (κ1) is 12.9. The largest absolute Gasteiger partial charge is 0.328 e. The molecule has 0 saturated heterocycles. The lowest BCUT2D eigenvalue weighted by molar-refractivity contribution is 0.325. The molecule has 1 N–H and O–H groups in total. The third-order valence-electron chi connectivity index (χ3n) is 4.25. The Hall–Kier alpha value is -1.16. The zero-order valence-corrected chi connectivity index (χ0v) is 11.8. The van der Waals surface area contributed by atoms with Gasteiger partial charge in [0.2, 0.25) is 0 Å². The number of H-pyrrole nitrogens is 1. The molecule has 1 aromatic carbocycles. The molecule has 4 heteroatoms. The molecule has 19 heavy (non-hydrogen) atoms. The topological polar surface area (TPSA) is 20.7 Å². The number of hydrogen-bond donors (Lipinski definition) is 1. The van der Waals surface area contributed by atoms with Crippen LogP contribution in [0.25, 0.3) is 11.0 Å². The number of imidazole rings is 1. The highest BCUT2D eigenvalue weighted by molar-refractivity contribution is 7.71. The van der Waals surface area contributed by atoms with E-state index < -0.39 is 0 Å². The first-order chi connectivity index (χ1) is 9.25. The van der Waals surface area contributed by atoms with Gasteiger partial charge < -0.3 is 9.55 Å². The normalized spacial score (nSPS) is 17.1. The molecule has 1 fully saturated rings. The van der Waals surface area contributed by atoms with Crippen LogP contribution in [0.4, 0.5) is 4.39 Å². The Kier molecular flexibility index (Phi) is 3.69.